The summed E-state index contributed by atoms with van der Waals surface area (Å²) in [7, 11) is 0. The van der Waals surface area contributed by atoms with Gasteiger partial charge in [0.2, 0.25) is 5.91 Å². The Morgan fingerprint density at radius 2 is 1.92 bits per heavy atom. The summed E-state index contributed by atoms with van der Waals surface area (Å²) in [6.45, 7) is 8.14. The first kappa shape index (κ1) is 17.0. The summed E-state index contributed by atoms with van der Waals surface area (Å²) in [5.74, 6) is -0.198. The Morgan fingerprint density at radius 3 is 2.60 bits per heavy atom. The molecule has 0 unspecified atom stereocenters. The van der Waals surface area contributed by atoms with E-state index in [1.807, 2.05) is 19.1 Å². The summed E-state index contributed by atoms with van der Waals surface area (Å²) < 4.78 is 0. The van der Waals surface area contributed by atoms with Crippen LogP contribution in [0.25, 0.3) is 0 Å². The first-order valence-corrected chi connectivity index (χ1v) is 8.61. The largest absolute Gasteiger partial charge is 0.372 e. The van der Waals surface area contributed by atoms with Crippen LogP contribution in [0.2, 0.25) is 0 Å². The SMILES string of the molecule is CCN(CC)c1ccc(NC(=O)c2ccc3c(c2)CC(=O)N3)c(C)c1. The summed E-state index contributed by atoms with van der Waals surface area (Å²) in [6, 6.07) is 11.4. The molecule has 0 fully saturated rings. The Labute approximate surface area is 148 Å². The molecular weight excluding hydrogens is 314 g/mol. The average molecular weight is 337 g/mol. The van der Waals surface area contributed by atoms with Gasteiger partial charge in [0.1, 0.15) is 0 Å². The molecule has 2 aromatic rings. The zero-order chi connectivity index (χ0) is 18.0. The lowest BCUT2D eigenvalue weighted by molar-refractivity contribution is -0.115. The molecule has 0 aliphatic carbocycles. The predicted octanol–water partition coefficient (Wildman–Crippen LogP) is 3.59. The number of nitrogens with one attached hydrogen (secondary N) is 2. The molecule has 25 heavy (non-hydrogen) atoms. The molecule has 0 atom stereocenters. The van der Waals surface area contributed by atoms with Crippen molar-refractivity contribution in [3.05, 3.63) is 53.1 Å². The topological polar surface area (TPSA) is 61.4 Å². The van der Waals surface area contributed by atoms with E-state index < -0.39 is 0 Å². The summed E-state index contributed by atoms with van der Waals surface area (Å²) in [4.78, 5) is 26.3. The van der Waals surface area contributed by atoms with Gasteiger partial charge >= 0.3 is 0 Å². The van der Waals surface area contributed by atoms with E-state index in [-0.39, 0.29) is 11.8 Å². The highest BCUT2D eigenvalue weighted by molar-refractivity contribution is 6.06. The molecule has 0 radical (unpaired) electrons. The maximum Gasteiger partial charge on any atom is 0.255 e. The van der Waals surface area contributed by atoms with Gasteiger partial charge in [0.25, 0.3) is 5.91 Å². The van der Waals surface area contributed by atoms with Crippen molar-refractivity contribution in [2.24, 2.45) is 0 Å². The Bertz CT molecular complexity index is 826. The van der Waals surface area contributed by atoms with Crippen LogP contribution < -0.4 is 15.5 Å². The normalized spacial score (nSPS) is 12.5. The number of aryl methyl sites for hydroxylation is 1. The zero-order valence-electron chi connectivity index (χ0n) is 14.8. The van der Waals surface area contributed by atoms with Crippen molar-refractivity contribution in [2.45, 2.75) is 27.2 Å². The highest BCUT2D eigenvalue weighted by Crippen LogP contribution is 2.26. The van der Waals surface area contributed by atoms with Gasteiger partial charge in [-0.05, 0) is 68.3 Å². The summed E-state index contributed by atoms with van der Waals surface area (Å²) in [5, 5.41) is 5.74. The van der Waals surface area contributed by atoms with Crippen LogP contribution in [0.5, 0.6) is 0 Å². The number of nitrogens with zero attached hydrogens (tertiary/aromatic N) is 1. The fourth-order valence-corrected chi connectivity index (χ4v) is 3.14. The second-order valence-corrected chi connectivity index (χ2v) is 6.22. The number of fused-ring (bicyclic) bond motifs is 1. The van der Waals surface area contributed by atoms with Crippen LogP contribution in [0.15, 0.2) is 36.4 Å². The van der Waals surface area contributed by atoms with Crippen molar-refractivity contribution < 1.29 is 9.59 Å². The molecule has 2 N–H and O–H groups in total. The van der Waals surface area contributed by atoms with Crippen LogP contribution in [-0.4, -0.2) is 24.9 Å². The standard InChI is InChI=1S/C20H23N3O2/c1-4-23(5-2)16-7-9-17(13(3)10-16)22-20(25)14-6-8-18-15(11-14)12-19(24)21-18/h6-11H,4-5,12H2,1-3H3,(H,21,24)(H,22,25). The van der Waals surface area contributed by atoms with Crippen LogP contribution in [0.3, 0.4) is 0 Å². The van der Waals surface area contributed by atoms with Crippen LogP contribution in [0.1, 0.15) is 35.3 Å². The molecular formula is C20H23N3O2. The minimum atomic E-state index is -0.166. The molecule has 5 nitrogen and oxygen atoms in total. The second kappa shape index (κ2) is 6.97. The van der Waals surface area contributed by atoms with Gasteiger partial charge < -0.3 is 15.5 Å². The third-order valence-electron chi connectivity index (χ3n) is 4.58. The molecule has 3 rings (SSSR count). The molecule has 2 aromatic carbocycles. The van der Waals surface area contributed by atoms with E-state index in [1.54, 1.807) is 18.2 Å². The first-order chi connectivity index (χ1) is 12.0. The van der Waals surface area contributed by atoms with E-state index in [2.05, 4.69) is 35.4 Å². The summed E-state index contributed by atoms with van der Waals surface area (Å²) >= 11 is 0. The van der Waals surface area contributed by atoms with Gasteiger partial charge in [-0.25, -0.2) is 0 Å². The van der Waals surface area contributed by atoms with Gasteiger partial charge in [-0.1, -0.05) is 0 Å². The van der Waals surface area contributed by atoms with E-state index in [1.165, 1.54) is 0 Å². The lowest BCUT2D eigenvalue weighted by Crippen LogP contribution is -2.22. The van der Waals surface area contributed by atoms with Crippen molar-refractivity contribution >= 4 is 28.9 Å². The molecule has 1 aliphatic heterocycles. The molecule has 0 saturated carbocycles. The quantitative estimate of drug-likeness (QED) is 0.876. The van der Waals surface area contributed by atoms with Gasteiger partial charge in [-0.3, -0.25) is 9.59 Å². The molecule has 0 saturated heterocycles. The van der Waals surface area contributed by atoms with Gasteiger partial charge in [-0.15, -0.1) is 0 Å². The first-order valence-electron chi connectivity index (χ1n) is 8.61. The molecule has 1 heterocycles. The van der Waals surface area contributed by atoms with Crippen molar-refractivity contribution in [1.82, 2.24) is 0 Å². The van der Waals surface area contributed by atoms with Gasteiger partial charge in [0.15, 0.2) is 0 Å². The van der Waals surface area contributed by atoms with E-state index >= 15 is 0 Å². The van der Waals surface area contributed by atoms with Crippen LogP contribution in [0.4, 0.5) is 17.1 Å². The zero-order valence-corrected chi connectivity index (χ0v) is 14.8. The van der Waals surface area contributed by atoms with E-state index in [0.717, 1.165) is 41.3 Å². The molecule has 5 heteroatoms. The van der Waals surface area contributed by atoms with Crippen molar-refractivity contribution in [1.29, 1.82) is 0 Å². The number of hydrogen-bond donors (Lipinski definition) is 2. The third-order valence-corrected chi connectivity index (χ3v) is 4.58. The fourth-order valence-electron chi connectivity index (χ4n) is 3.14. The van der Waals surface area contributed by atoms with Crippen LogP contribution >= 0.6 is 0 Å². The van der Waals surface area contributed by atoms with E-state index in [9.17, 15) is 9.59 Å². The Balaban J connectivity index is 1.77. The Morgan fingerprint density at radius 1 is 1.16 bits per heavy atom. The maximum atomic E-state index is 12.6. The molecule has 0 bridgehead atoms. The minimum Gasteiger partial charge on any atom is -0.372 e. The smallest absolute Gasteiger partial charge is 0.255 e. The third kappa shape index (κ3) is 3.50. The molecule has 0 spiro atoms. The van der Waals surface area contributed by atoms with Crippen molar-refractivity contribution in [3.8, 4) is 0 Å². The van der Waals surface area contributed by atoms with Crippen LogP contribution in [0, 0.1) is 6.92 Å². The summed E-state index contributed by atoms with van der Waals surface area (Å²) in [6.07, 6.45) is 0.327. The highest BCUT2D eigenvalue weighted by atomic mass is 16.2. The van der Waals surface area contributed by atoms with Gasteiger partial charge in [0.05, 0.1) is 6.42 Å². The molecule has 2 amide bonds. The summed E-state index contributed by atoms with van der Waals surface area (Å²) in [5.41, 5.74) is 5.20. The number of hydrogen-bond acceptors (Lipinski definition) is 3. The van der Waals surface area contributed by atoms with Crippen molar-refractivity contribution in [3.63, 3.8) is 0 Å². The number of carbonyl (C=O) groups is 2. The number of carbonyl (C=O) groups excluding carboxylic acids is 2. The minimum absolute atomic E-state index is 0.0320. The number of benzene rings is 2. The fraction of sp³-hybridized carbons (Fsp3) is 0.300. The maximum absolute atomic E-state index is 12.6. The van der Waals surface area contributed by atoms with Gasteiger partial charge in [-0.2, -0.15) is 0 Å². The van der Waals surface area contributed by atoms with E-state index in [0.29, 0.717) is 12.0 Å². The molecule has 1 aliphatic rings. The lowest BCUT2D eigenvalue weighted by Gasteiger charge is -2.22. The van der Waals surface area contributed by atoms with E-state index in [4.69, 9.17) is 0 Å². The Hall–Kier alpha value is -2.82. The van der Waals surface area contributed by atoms with Crippen LogP contribution in [-0.2, 0) is 11.2 Å². The van der Waals surface area contributed by atoms with Crippen molar-refractivity contribution in [2.75, 3.05) is 28.6 Å². The second-order valence-electron chi connectivity index (χ2n) is 6.22. The number of amides is 2. The highest BCUT2D eigenvalue weighted by Gasteiger charge is 2.19. The predicted molar refractivity (Wildman–Crippen MR) is 101 cm³/mol. The molecule has 130 valence electrons. The number of rotatable bonds is 5. The van der Waals surface area contributed by atoms with Gasteiger partial charge in [0, 0.05) is 35.7 Å². The lowest BCUT2D eigenvalue weighted by atomic mass is 10.1. The Kier molecular flexibility index (Phi) is 4.74. The molecule has 0 aromatic heterocycles. The average Bonchev–Trinajstić information content (AvgIpc) is 2.97. The number of anilines is 3. The monoisotopic (exact) mass is 337 g/mol.